The van der Waals surface area contributed by atoms with Crippen LogP contribution in [0.1, 0.15) is 24.8 Å². The third-order valence-electron chi connectivity index (χ3n) is 3.83. The second-order valence-electron chi connectivity index (χ2n) is 5.23. The Morgan fingerprint density at radius 1 is 1.14 bits per heavy atom. The van der Waals surface area contributed by atoms with Gasteiger partial charge in [-0.2, -0.15) is 0 Å². The summed E-state index contributed by atoms with van der Waals surface area (Å²) in [5.41, 5.74) is 0.911. The van der Waals surface area contributed by atoms with Crippen molar-refractivity contribution in [2.45, 2.75) is 25.8 Å². The molecule has 0 saturated carbocycles. The number of carbonyl (C=O) groups is 1. The van der Waals surface area contributed by atoms with E-state index in [0.29, 0.717) is 23.8 Å². The number of rotatable bonds is 6. The van der Waals surface area contributed by atoms with E-state index in [1.165, 1.54) is 0 Å². The van der Waals surface area contributed by atoms with Gasteiger partial charge in [0.05, 0.1) is 21.3 Å². The number of benzene rings is 1. The maximum atomic E-state index is 12.2. The van der Waals surface area contributed by atoms with Crippen molar-refractivity contribution in [2.24, 2.45) is 5.92 Å². The van der Waals surface area contributed by atoms with Crippen LogP contribution in [0.3, 0.4) is 0 Å². The maximum Gasteiger partial charge on any atom is 0.223 e. The molecule has 0 saturated heterocycles. The summed E-state index contributed by atoms with van der Waals surface area (Å²) in [6.45, 7) is 0.440. The van der Waals surface area contributed by atoms with E-state index in [1.807, 2.05) is 12.1 Å². The Morgan fingerprint density at radius 3 is 2.32 bits per heavy atom. The summed E-state index contributed by atoms with van der Waals surface area (Å²) in [6.07, 6.45) is 6.91. The van der Waals surface area contributed by atoms with Gasteiger partial charge in [-0.25, -0.2) is 0 Å². The monoisotopic (exact) mass is 305 g/mol. The minimum atomic E-state index is 0.0760. The normalized spacial score (nSPS) is 17.0. The lowest BCUT2D eigenvalue weighted by molar-refractivity contribution is -0.125. The van der Waals surface area contributed by atoms with Crippen molar-refractivity contribution < 1.29 is 19.0 Å². The van der Waals surface area contributed by atoms with Crippen LogP contribution in [0.15, 0.2) is 24.3 Å². The molecule has 5 heteroatoms. The molecule has 1 amide bonds. The zero-order valence-electron chi connectivity index (χ0n) is 13.3. The second-order valence-corrected chi connectivity index (χ2v) is 5.23. The molecule has 1 atom stereocenters. The third-order valence-corrected chi connectivity index (χ3v) is 3.83. The molecule has 0 heterocycles. The fraction of sp³-hybridized carbons (Fsp3) is 0.471. The van der Waals surface area contributed by atoms with E-state index in [4.69, 9.17) is 14.2 Å². The van der Waals surface area contributed by atoms with Crippen molar-refractivity contribution in [3.63, 3.8) is 0 Å². The standard InChI is InChI=1S/C17H23NO4/c1-20-14-9-12(10-15(21-2)16(14)22-3)11-18-17(19)13-7-5-4-6-8-13/h4-5,9-10,13H,6-8,11H2,1-3H3,(H,18,19). The molecule has 0 spiro atoms. The highest BCUT2D eigenvalue weighted by Gasteiger charge is 2.19. The van der Waals surface area contributed by atoms with Gasteiger partial charge in [-0.05, 0) is 37.0 Å². The smallest absolute Gasteiger partial charge is 0.223 e. The van der Waals surface area contributed by atoms with Gasteiger partial charge in [0, 0.05) is 12.5 Å². The van der Waals surface area contributed by atoms with Crippen molar-refractivity contribution in [2.75, 3.05) is 21.3 Å². The lowest BCUT2D eigenvalue weighted by atomic mass is 9.93. The predicted molar refractivity (Wildman–Crippen MR) is 84.4 cm³/mol. The van der Waals surface area contributed by atoms with Gasteiger partial charge in [-0.3, -0.25) is 4.79 Å². The molecule has 0 bridgehead atoms. The topological polar surface area (TPSA) is 56.8 Å². The van der Waals surface area contributed by atoms with Crippen molar-refractivity contribution >= 4 is 5.91 Å². The Morgan fingerprint density at radius 2 is 1.82 bits per heavy atom. The van der Waals surface area contributed by atoms with E-state index in [-0.39, 0.29) is 11.8 Å². The molecule has 0 fully saturated rings. The van der Waals surface area contributed by atoms with Crippen molar-refractivity contribution in [1.82, 2.24) is 5.32 Å². The summed E-state index contributed by atoms with van der Waals surface area (Å²) in [7, 11) is 4.72. The molecule has 0 aliphatic heterocycles. The summed E-state index contributed by atoms with van der Waals surface area (Å²) in [6, 6.07) is 3.70. The number of ether oxygens (including phenoxy) is 3. The first-order chi connectivity index (χ1) is 10.7. The molecule has 22 heavy (non-hydrogen) atoms. The third kappa shape index (κ3) is 3.72. The quantitative estimate of drug-likeness (QED) is 0.821. The Bertz CT molecular complexity index is 529. The Hall–Kier alpha value is -2.17. The largest absolute Gasteiger partial charge is 0.493 e. The van der Waals surface area contributed by atoms with Crippen LogP contribution in [0.25, 0.3) is 0 Å². The van der Waals surface area contributed by atoms with Crippen LogP contribution < -0.4 is 19.5 Å². The van der Waals surface area contributed by atoms with Gasteiger partial charge in [-0.15, -0.1) is 0 Å². The number of hydrogen-bond donors (Lipinski definition) is 1. The van der Waals surface area contributed by atoms with Gasteiger partial charge in [0.2, 0.25) is 11.7 Å². The fourth-order valence-electron chi connectivity index (χ4n) is 2.60. The van der Waals surface area contributed by atoms with E-state index in [9.17, 15) is 4.79 Å². The van der Waals surface area contributed by atoms with E-state index < -0.39 is 0 Å². The molecule has 0 aromatic heterocycles. The van der Waals surface area contributed by atoms with Gasteiger partial charge >= 0.3 is 0 Å². The van der Waals surface area contributed by atoms with Crippen LogP contribution in [0.4, 0.5) is 0 Å². The van der Waals surface area contributed by atoms with Crippen molar-refractivity contribution in [3.05, 3.63) is 29.8 Å². The molecule has 1 unspecified atom stereocenters. The number of hydrogen-bond acceptors (Lipinski definition) is 4. The molecule has 1 aromatic rings. The first-order valence-electron chi connectivity index (χ1n) is 7.41. The average Bonchev–Trinajstić information content (AvgIpc) is 2.59. The van der Waals surface area contributed by atoms with Gasteiger partial charge in [0.25, 0.3) is 0 Å². The fourth-order valence-corrected chi connectivity index (χ4v) is 2.60. The van der Waals surface area contributed by atoms with Crippen LogP contribution in [0.2, 0.25) is 0 Å². The van der Waals surface area contributed by atoms with Crippen LogP contribution in [0, 0.1) is 5.92 Å². The second kappa shape index (κ2) is 7.73. The molecule has 2 rings (SSSR count). The highest BCUT2D eigenvalue weighted by atomic mass is 16.5. The summed E-state index contributed by atoms with van der Waals surface area (Å²) in [5, 5.41) is 2.98. The zero-order valence-corrected chi connectivity index (χ0v) is 13.3. The first kappa shape index (κ1) is 16.2. The predicted octanol–water partition coefficient (Wildman–Crippen LogP) is 2.68. The molecule has 1 N–H and O–H groups in total. The minimum absolute atomic E-state index is 0.0760. The Kier molecular flexibility index (Phi) is 5.69. The Labute approximate surface area is 131 Å². The molecule has 0 radical (unpaired) electrons. The molecule has 1 aromatic carbocycles. The maximum absolute atomic E-state index is 12.2. The summed E-state index contributed by atoms with van der Waals surface area (Å²) < 4.78 is 15.9. The van der Waals surface area contributed by atoms with Crippen LogP contribution in [0.5, 0.6) is 17.2 Å². The number of carbonyl (C=O) groups excluding carboxylic acids is 1. The Balaban J connectivity index is 2.06. The molecule has 1 aliphatic carbocycles. The van der Waals surface area contributed by atoms with Gasteiger partial charge < -0.3 is 19.5 Å². The molecular weight excluding hydrogens is 282 g/mol. The van der Waals surface area contributed by atoms with Gasteiger partial charge in [0.1, 0.15) is 0 Å². The molecular formula is C17H23NO4. The number of methoxy groups -OCH3 is 3. The molecule has 5 nitrogen and oxygen atoms in total. The summed E-state index contributed by atoms with van der Waals surface area (Å²) in [4.78, 5) is 12.2. The van der Waals surface area contributed by atoms with Crippen LogP contribution >= 0.6 is 0 Å². The van der Waals surface area contributed by atoms with E-state index in [0.717, 1.165) is 24.8 Å². The molecule has 120 valence electrons. The van der Waals surface area contributed by atoms with E-state index >= 15 is 0 Å². The highest BCUT2D eigenvalue weighted by molar-refractivity contribution is 5.79. The summed E-state index contributed by atoms with van der Waals surface area (Å²) >= 11 is 0. The van der Waals surface area contributed by atoms with Gasteiger partial charge in [0.15, 0.2) is 11.5 Å². The lowest BCUT2D eigenvalue weighted by Crippen LogP contribution is -2.30. The zero-order chi connectivity index (χ0) is 15.9. The average molecular weight is 305 g/mol. The van der Waals surface area contributed by atoms with E-state index in [1.54, 1.807) is 21.3 Å². The number of amides is 1. The lowest BCUT2D eigenvalue weighted by Gasteiger charge is -2.18. The van der Waals surface area contributed by atoms with Gasteiger partial charge in [-0.1, -0.05) is 12.2 Å². The van der Waals surface area contributed by atoms with Crippen LogP contribution in [-0.2, 0) is 11.3 Å². The highest BCUT2D eigenvalue weighted by Crippen LogP contribution is 2.38. The number of nitrogens with one attached hydrogen (secondary N) is 1. The molecule has 1 aliphatic rings. The van der Waals surface area contributed by atoms with Crippen LogP contribution in [-0.4, -0.2) is 27.2 Å². The summed E-state index contributed by atoms with van der Waals surface area (Å²) in [5.74, 6) is 1.90. The minimum Gasteiger partial charge on any atom is -0.493 e. The SMILES string of the molecule is COc1cc(CNC(=O)C2CC=CCC2)cc(OC)c1OC. The van der Waals surface area contributed by atoms with E-state index in [2.05, 4.69) is 17.5 Å². The number of allylic oxidation sites excluding steroid dienone is 2. The first-order valence-corrected chi connectivity index (χ1v) is 7.41. The van der Waals surface area contributed by atoms with Crippen molar-refractivity contribution in [3.8, 4) is 17.2 Å². The van der Waals surface area contributed by atoms with Crippen molar-refractivity contribution in [1.29, 1.82) is 0 Å².